The molecule has 1 fully saturated rings. The Hall–Kier alpha value is -1.25. The highest BCUT2D eigenvalue weighted by Gasteiger charge is 2.41. The van der Waals surface area contributed by atoms with E-state index in [0.29, 0.717) is 0 Å². The Balaban J connectivity index is 1.92. The predicted octanol–water partition coefficient (Wildman–Crippen LogP) is 2.53. The van der Waals surface area contributed by atoms with Crippen LogP contribution in [0.5, 0.6) is 0 Å². The lowest BCUT2D eigenvalue weighted by Gasteiger charge is -2.38. The van der Waals surface area contributed by atoms with E-state index < -0.39 is 7.92 Å². The monoisotopic (exact) mass is 380 g/mol. The summed E-state index contributed by atoms with van der Waals surface area (Å²) in [6, 6.07) is 21.1. The maximum Gasteiger partial charge on any atom is 0.0609 e. The zero-order chi connectivity index (χ0) is 19.2. The molecule has 3 rings (SSSR count). The molecule has 0 spiro atoms. The second kappa shape index (κ2) is 9.80. The average Bonchev–Trinajstić information content (AvgIpc) is 3.19. The summed E-state index contributed by atoms with van der Waals surface area (Å²) < 4.78 is 0. The van der Waals surface area contributed by atoms with Crippen molar-refractivity contribution in [3.8, 4) is 0 Å². The minimum Gasteiger partial charge on any atom is -0.395 e. The molecule has 0 saturated heterocycles. The van der Waals surface area contributed by atoms with Crippen molar-refractivity contribution in [1.82, 2.24) is 4.90 Å². The van der Waals surface area contributed by atoms with Crippen LogP contribution in [0.4, 0.5) is 0 Å². The third-order valence-electron chi connectivity index (χ3n) is 5.15. The molecule has 27 heavy (non-hydrogen) atoms. The summed E-state index contributed by atoms with van der Waals surface area (Å²) in [5.74, 6) is 1.25. The van der Waals surface area contributed by atoms with Gasteiger partial charge in [0.2, 0.25) is 0 Å². The Labute approximate surface area is 164 Å². The van der Waals surface area contributed by atoms with Crippen LogP contribution < -0.4 is 10.6 Å². The first kappa shape index (κ1) is 20.5. The molecule has 2 aromatic carbocycles. The van der Waals surface area contributed by atoms with Gasteiger partial charge in [0.1, 0.15) is 0 Å². The predicted molar refractivity (Wildman–Crippen MR) is 114 cm³/mol. The fourth-order valence-electron chi connectivity index (χ4n) is 3.41. The van der Waals surface area contributed by atoms with E-state index >= 15 is 0 Å². The maximum atomic E-state index is 9.58. The van der Waals surface area contributed by atoms with Crippen LogP contribution >= 0.6 is 7.92 Å². The Bertz CT molecular complexity index is 638. The highest BCUT2D eigenvalue weighted by molar-refractivity contribution is 7.76. The third kappa shape index (κ3) is 4.60. The topological polar surface area (TPSA) is 43.7 Å². The lowest BCUT2D eigenvalue weighted by Crippen LogP contribution is -2.46. The second-order valence-electron chi connectivity index (χ2n) is 6.73. The molecular weight excluding hydrogens is 353 g/mol. The Kier molecular flexibility index (Phi) is 7.43. The van der Waals surface area contributed by atoms with E-state index in [1.54, 1.807) is 0 Å². The van der Waals surface area contributed by atoms with Crippen molar-refractivity contribution < 1.29 is 10.2 Å². The molecule has 1 saturated carbocycles. The molecule has 5 radical (unpaired) electrons. The summed E-state index contributed by atoms with van der Waals surface area (Å²) in [5, 5.41) is 21.8. The maximum absolute atomic E-state index is 9.58. The van der Waals surface area contributed by atoms with Gasteiger partial charge in [0.15, 0.2) is 0 Å². The number of nitrogens with zero attached hydrogens (tertiary/aromatic N) is 1. The Morgan fingerprint density at radius 3 is 1.85 bits per heavy atom. The zero-order valence-corrected chi connectivity index (χ0v) is 16.8. The van der Waals surface area contributed by atoms with Crippen LogP contribution in [0.25, 0.3) is 0 Å². The van der Waals surface area contributed by atoms with Crippen LogP contribution in [0.1, 0.15) is 6.92 Å². The van der Waals surface area contributed by atoms with Gasteiger partial charge in [-0.25, -0.2) is 0 Å². The van der Waals surface area contributed by atoms with Crippen molar-refractivity contribution >= 4 is 18.5 Å². The SMILES string of the molecule is C[C@H]([C]1[CH][CH][CH][C]1P(c1ccccc1)c1ccccc1)N(C)C(CO)CO. The normalized spacial score (nSPS) is 17.3. The molecule has 0 bridgehead atoms. The number of hydrogen-bond acceptors (Lipinski definition) is 3. The molecule has 0 aromatic heterocycles. The molecule has 0 unspecified atom stereocenters. The van der Waals surface area contributed by atoms with Crippen molar-refractivity contribution in [1.29, 1.82) is 0 Å². The van der Waals surface area contributed by atoms with E-state index in [2.05, 4.69) is 91.7 Å². The van der Waals surface area contributed by atoms with Crippen LogP contribution in [-0.4, -0.2) is 47.5 Å². The van der Waals surface area contributed by atoms with Crippen molar-refractivity contribution in [3.63, 3.8) is 0 Å². The number of likely N-dealkylation sites (N-methyl/N-ethyl adjacent to an activating group) is 1. The summed E-state index contributed by atoms with van der Waals surface area (Å²) in [7, 11) is 1.30. The summed E-state index contributed by atoms with van der Waals surface area (Å²) in [4.78, 5) is 2.06. The number of benzene rings is 2. The molecule has 1 atom stereocenters. The van der Waals surface area contributed by atoms with E-state index in [9.17, 15) is 10.2 Å². The van der Waals surface area contributed by atoms with Gasteiger partial charge in [0.05, 0.1) is 19.3 Å². The van der Waals surface area contributed by atoms with Crippen molar-refractivity contribution in [2.45, 2.75) is 19.0 Å². The van der Waals surface area contributed by atoms with Gasteiger partial charge in [-0.2, -0.15) is 0 Å². The van der Waals surface area contributed by atoms with E-state index in [-0.39, 0.29) is 25.3 Å². The van der Waals surface area contributed by atoms with Crippen LogP contribution in [0, 0.1) is 30.8 Å². The quantitative estimate of drug-likeness (QED) is 0.692. The summed E-state index contributed by atoms with van der Waals surface area (Å²) in [6.45, 7) is 2.03. The first-order valence-corrected chi connectivity index (χ1v) is 10.6. The van der Waals surface area contributed by atoms with E-state index in [4.69, 9.17) is 0 Å². The number of aliphatic hydroxyl groups excluding tert-OH is 2. The fraction of sp³-hybridized carbons (Fsp3) is 0.261. The van der Waals surface area contributed by atoms with Gasteiger partial charge in [-0.15, -0.1) is 0 Å². The minimum absolute atomic E-state index is 0.0560. The molecule has 0 amide bonds. The van der Waals surface area contributed by atoms with Gasteiger partial charge < -0.3 is 10.2 Å². The van der Waals surface area contributed by atoms with Crippen molar-refractivity contribution in [3.05, 3.63) is 91.5 Å². The molecule has 4 heteroatoms. The van der Waals surface area contributed by atoms with Crippen LogP contribution in [-0.2, 0) is 0 Å². The van der Waals surface area contributed by atoms with Crippen molar-refractivity contribution in [2.75, 3.05) is 20.3 Å². The first-order chi connectivity index (χ1) is 13.2. The average molecular weight is 380 g/mol. The molecule has 0 aliphatic heterocycles. The molecule has 1 aliphatic rings. The molecule has 1 aliphatic carbocycles. The number of hydrogen-bond donors (Lipinski definition) is 2. The molecule has 141 valence electrons. The van der Waals surface area contributed by atoms with Crippen LogP contribution in [0.2, 0.25) is 0 Å². The van der Waals surface area contributed by atoms with E-state index in [1.807, 2.05) is 7.05 Å². The minimum atomic E-state index is -0.666. The summed E-state index contributed by atoms with van der Waals surface area (Å²) >= 11 is 0. The molecule has 0 heterocycles. The highest BCUT2D eigenvalue weighted by Crippen LogP contribution is 2.57. The highest BCUT2D eigenvalue weighted by atomic mass is 31.1. The molecule has 3 nitrogen and oxygen atoms in total. The van der Waals surface area contributed by atoms with E-state index in [1.165, 1.54) is 22.2 Å². The van der Waals surface area contributed by atoms with Crippen LogP contribution in [0.15, 0.2) is 60.7 Å². The van der Waals surface area contributed by atoms with Gasteiger partial charge in [0.25, 0.3) is 0 Å². The van der Waals surface area contributed by atoms with Crippen molar-refractivity contribution in [2.24, 2.45) is 0 Å². The zero-order valence-electron chi connectivity index (χ0n) is 15.9. The van der Waals surface area contributed by atoms with Gasteiger partial charge in [0, 0.05) is 17.6 Å². The smallest absolute Gasteiger partial charge is 0.0609 e. The largest absolute Gasteiger partial charge is 0.395 e. The number of rotatable bonds is 8. The van der Waals surface area contributed by atoms with E-state index in [0.717, 1.165) is 0 Å². The second-order valence-corrected chi connectivity index (χ2v) is 8.92. The Morgan fingerprint density at radius 1 is 0.852 bits per heavy atom. The van der Waals surface area contributed by atoms with Crippen LogP contribution in [0.3, 0.4) is 0 Å². The molecule has 2 N–H and O–H groups in total. The lowest BCUT2D eigenvalue weighted by molar-refractivity contribution is 0.0736. The fourth-order valence-corrected chi connectivity index (χ4v) is 5.96. The van der Waals surface area contributed by atoms with Gasteiger partial charge in [-0.1, -0.05) is 60.7 Å². The third-order valence-corrected chi connectivity index (χ3v) is 7.67. The van der Waals surface area contributed by atoms with Gasteiger partial charge in [-0.3, -0.25) is 4.90 Å². The lowest BCUT2D eigenvalue weighted by atomic mass is 9.97. The van der Waals surface area contributed by atoms with Gasteiger partial charge >= 0.3 is 0 Å². The van der Waals surface area contributed by atoms with Gasteiger partial charge in [-0.05, 0) is 51.8 Å². The molecule has 2 aromatic rings. The standard InChI is InChI=1S/C23H27NO2P/c1-18(24(2)19(16-25)17-26)22-14-9-15-23(22)27(20-10-5-3-6-11-20)21-12-7-4-8-13-21/h3-15,18-19,25-26H,16-17H2,1-2H3/t18-/m1/s1. The first-order valence-electron chi connectivity index (χ1n) is 9.26. The molecular formula is C23H27NO2P. The Morgan fingerprint density at radius 2 is 1.37 bits per heavy atom. The summed E-state index contributed by atoms with van der Waals surface area (Å²) in [5.41, 5.74) is 1.33. The summed E-state index contributed by atoms with van der Waals surface area (Å²) in [6.07, 6.45) is 6.50. The number of aliphatic hydroxyl groups is 2.